The molecular formula is C21H17NO2. The van der Waals surface area contributed by atoms with Gasteiger partial charge in [0.25, 0.3) is 5.91 Å². The minimum absolute atomic E-state index is 0.00895. The summed E-state index contributed by atoms with van der Waals surface area (Å²) in [7, 11) is 0. The number of hydrogen-bond donors (Lipinski definition) is 1. The normalized spacial score (nSPS) is 12.6. The summed E-state index contributed by atoms with van der Waals surface area (Å²) in [5, 5.41) is 2.85. The Balaban J connectivity index is 1.50. The second kappa shape index (κ2) is 6.20. The Kier molecular flexibility index (Phi) is 3.75. The molecule has 0 saturated carbocycles. The van der Waals surface area contributed by atoms with Gasteiger partial charge in [-0.1, -0.05) is 54.6 Å². The highest BCUT2D eigenvalue weighted by Crippen LogP contribution is 2.26. The molecular weight excluding hydrogens is 298 g/mol. The molecule has 118 valence electrons. The Morgan fingerprint density at radius 1 is 0.875 bits per heavy atom. The highest BCUT2D eigenvalue weighted by molar-refractivity contribution is 5.99. The fourth-order valence-corrected chi connectivity index (χ4v) is 2.88. The molecule has 4 rings (SSSR count). The van der Waals surface area contributed by atoms with E-state index in [1.54, 1.807) is 0 Å². The van der Waals surface area contributed by atoms with E-state index in [-0.39, 0.29) is 5.91 Å². The van der Waals surface area contributed by atoms with E-state index >= 15 is 0 Å². The number of fused-ring (bicyclic) bond motifs is 1. The van der Waals surface area contributed by atoms with Crippen molar-refractivity contribution in [3.63, 3.8) is 0 Å². The molecule has 1 N–H and O–H groups in total. The fraction of sp³-hybridized carbons (Fsp3) is 0.0952. The lowest BCUT2D eigenvalue weighted by Gasteiger charge is -2.08. The van der Waals surface area contributed by atoms with E-state index < -0.39 is 0 Å². The van der Waals surface area contributed by atoms with Gasteiger partial charge in [-0.3, -0.25) is 4.79 Å². The van der Waals surface area contributed by atoms with Crippen LogP contribution in [0, 0.1) is 0 Å². The SMILES string of the molecule is O=C1NCc2ccc(-c3ccc(OCc4ccccc4)cc3)cc21. The van der Waals surface area contributed by atoms with Crippen LogP contribution >= 0.6 is 0 Å². The second-order valence-electron chi connectivity index (χ2n) is 5.85. The summed E-state index contributed by atoms with van der Waals surface area (Å²) < 4.78 is 5.81. The maximum atomic E-state index is 11.8. The Labute approximate surface area is 140 Å². The van der Waals surface area contributed by atoms with Crippen molar-refractivity contribution in [3.05, 3.63) is 89.5 Å². The molecule has 3 nitrogen and oxygen atoms in total. The lowest BCUT2D eigenvalue weighted by Crippen LogP contribution is -2.12. The van der Waals surface area contributed by atoms with Gasteiger partial charge in [0.2, 0.25) is 0 Å². The quantitative estimate of drug-likeness (QED) is 0.784. The number of benzene rings is 3. The standard InChI is InChI=1S/C21H17NO2/c23-21-20-12-17(6-7-18(20)13-22-21)16-8-10-19(11-9-16)24-14-15-4-2-1-3-5-15/h1-12H,13-14H2,(H,22,23). The zero-order valence-corrected chi connectivity index (χ0v) is 13.2. The molecule has 1 aliphatic rings. The first-order valence-corrected chi connectivity index (χ1v) is 7.98. The van der Waals surface area contributed by atoms with E-state index in [9.17, 15) is 4.79 Å². The van der Waals surface area contributed by atoms with Gasteiger partial charge in [-0.05, 0) is 40.5 Å². The van der Waals surface area contributed by atoms with E-state index in [0.29, 0.717) is 13.2 Å². The molecule has 3 heteroatoms. The van der Waals surface area contributed by atoms with Gasteiger partial charge in [-0.15, -0.1) is 0 Å². The summed E-state index contributed by atoms with van der Waals surface area (Å²) in [6.45, 7) is 1.18. The highest BCUT2D eigenvalue weighted by atomic mass is 16.5. The molecule has 3 aromatic carbocycles. The summed E-state index contributed by atoms with van der Waals surface area (Å²) in [6.07, 6.45) is 0. The van der Waals surface area contributed by atoms with E-state index in [4.69, 9.17) is 4.74 Å². The third-order valence-electron chi connectivity index (χ3n) is 4.23. The van der Waals surface area contributed by atoms with Crippen molar-refractivity contribution in [1.29, 1.82) is 0 Å². The number of nitrogens with one attached hydrogen (secondary N) is 1. The number of amides is 1. The molecule has 0 bridgehead atoms. The average molecular weight is 315 g/mol. The number of ether oxygens (including phenoxy) is 1. The van der Waals surface area contributed by atoms with Crippen LogP contribution in [0.15, 0.2) is 72.8 Å². The molecule has 1 amide bonds. The van der Waals surface area contributed by atoms with Gasteiger partial charge in [-0.25, -0.2) is 0 Å². The van der Waals surface area contributed by atoms with Crippen LogP contribution in [0.3, 0.4) is 0 Å². The molecule has 0 spiro atoms. The Morgan fingerprint density at radius 2 is 1.62 bits per heavy atom. The van der Waals surface area contributed by atoms with Crippen molar-refractivity contribution in [1.82, 2.24) is 5.32 Å². The predicted octanol–water partition coefficient (Wildman–Crippen LogP) is 4.18. The number of carbonyl (C=O) groups is 1. The van der Waals surface area contributed by atoms with Crippen molar-refractivity contribution in [3.8, 4) is 16.9 Å². The Morgan fingerprint density at radius 3 is 2.42 bits per heavy atom. The molecule has 0 aromatic heterocycles. The van der Waals surface area contributed by atoms with E-state index in [0.717, 1.165) is 33.6 Å². The van der Waals surface area contributed by atoms with Gasteiger partial charge in [0, 0.05) is 12.1 Å². The van der Waals surface area contributed by atoms with Crippen LogP contribution in [0.4, 0.5) is 0 Å². The lowest BCUT2D eigenvalue weighted by molar-refractivity contribution is 0.0966. The van der Waals surface area contributed by atoms with Gasteiger partial charge < -0.3 is 10.1 Å². The van der Waals surface area contributed by atoms with Crippen molar-refractivity contribution < 1.29 is 9.53 Å². The smallest absolute Gasteiger partial charge is 0.251 e. The van der Waals surface area contributed by atoms with Crippen LogP contribution in [0.2, 0.25) is 0 Å². The molecule has 1 aliphatic heterocycles. The summed E-state index contributed by atoms with van der Waals surface area (Å²) in [5.74, 6) is 0.844. The van der Waals surface area contributed by atoms with Gasteiger partial charge >= 0.3 is 0 Å². The first-order valence-electron chi connectivity index (χ1n) is 7.98. The Bertz CT molecular complexity index is 870. The van der Waals surface area contributed by atoms with Crippen LogP contribution in [-0.2, 0) is 13.2 Å². The summed E-state index contributed by atoms with van der Waals surface area (Å²) in [4.78, 5) is 11.8. The second-order valence-corrected chi connectivity index (χ2v) is 5.85. The van der Waals surface area contributed by atoms with E-state index in [1.165, 1.54) is 0 Å². The minimum atomic E-state index is 0.00895. The number of carbonyl (C=O) groups excluding carboxylic acids is 1. The van der Waals surface area contributed by atoms with Gasteiger partial charge in [0.15, 0.2) is 0 Å². The topological polar surface area (TPSA) is 38.3 Å². The van der Waals surface area contributed by atoms with E-state index in [1.807, 2.05) is 66.7 Å². The van der Waals surface area contributed by atoms with Crippen LogP contribution in [0.25, 0.3) is 11.1 Å². The largest absolute Gasteiger partial charge is 0.489 e. The van der Waals surface area contributed by atoms with Crippen molar-refractivity contribution in [2.45, 2.75) is 13.2 Å². The monoisotopic (exact) mass is 315 g/mol. The van der Waals surface area contributed by atoms with Crippen LogP contribution < -0.4 is 10.1 Å². The Hall–Kier alpha value is -3.07. The molecule has 0 atom stereocenters. The first-order chi connectivity index (χ1) is 11.8. The first kappa shape index (κ1) is 14.5. The third kappa shape index (κ3) is 2.88. The summed E-state index contributed by atoms with van der Waals surface area (Å²) in [5.41, 5.74) is 5.10. The minimum Gasteiger partial charge on any atom is -0.489 e. The third-order valence-corrected chi connectivity index (χ3v) is 4.23. The zero-order chi connectivity index (χ0) is 16.4. The van der Waals surface area contributed by atoms with E-state index in [2.05, 4.69) is 11.4 Å². The van der Waals surface area contributed by atoms with Crippen LogP contribution in [0.1, 0.15) is 21.5 Å². The van der Waals surface area contributed by atoms with Crippen LogP contribution in [0.5, 0.6) is 5.75 Å². The summed E-state index contributed by atoms with van der Waals surface area (Å²) in [6, 6.07) is 24.1. The van der Waals surface area contributed by atoms with Crippen molar-refractivity contribution >= 4 is 5.91 Å². The molecule has 0 unspecified atom stereocenters. The fourth-order valence-electron chi connectivity index (χ4n) is 2.88. The lowest BCUT2D eigenvalue weighted by atomic mass is 10.0. The number of rotatable bonds is 4. The molecule has 0 saturated heterocycles. The molecule has 0 radical (unpaired) electrons. The maximum Gasteiger partial charge on any atom is 0.251 e. The molecule has 0 fully saturated rings. The summed E-state index contributed by atoms with van der Waals surface area (Å²) >= 11 is 0. The number of hydrogen-bond acceptors (Lipinski definition) is 2. The van der Waals surface area contributed by atoms with Gasteiger partial charge in [0.05, 0.1) is 0 Å². The van der Waals surface area contributed by atoms with Gasteiger partial charge in [-0.2, -0.15) is 0 Å². The van der Waals surface area contributed by atoms with Crippen molar-refractivity contribution in [2.75, 3.05) is 0 Å². The average Bonchev–Trinajstić information content (AvgIpc) is 3.02. The molecule has 0 aliphatic carbocycles. The van der Waals surface area contributed by atoms with Gasteiger partial charge in [0.1, 0.15) is 12.4 Å². The molecule has 3 aromatic rings. The molecule has 1 heterocycles. The molecule has 24 heavy (non-hydrogen) atoms. The van der Waals surface area contributed by atoms with Crippen LogP contribution in [-0.4, -0.2) is 5.91 Å². The maximum absolute atomic E-state index is 11.8. The highest BCUT2D eigenvalue weighted by Gasteiger charge is 2.18. The van der Waals surface area contributed by atoms with Crippen molar-refractivity contribution in [2.24, 2.45) is 0 Å². The predicted molar refractivity (Wildman–Crippen MR) is 93.8 cm³/mol. The zero-order valence-electron chi connectivity index (χ0n) is 13.2.